The van der Waals surface area contributed by atoms with Crippen LogP contribution in [0.1, 0.15) is 48.5 Å². The predicted octanol–water partition coefficient (Wildman–Crippen LogP) is 3.31. The molecule has 2 unspecified atom stereocenters. The van der Waals surface area contributed by atoms with Gasteiger partial charge < -0.3 is 38.5 Å². The first kappa shape index (κ1) is 39.8. The van der Waals surface area contributed by atoms with Gasteiger partial charge in [-0.3, -0.25) is 9.36 Å². The summed E-state index contributed by atoms with van der Waals surface area (Å²) < 4.78 is 51.5. The number of ether oxygens (including phenoxy) is 2. The molecule has 2 saturated heterocycles. The third-order valence-electron chi connectivity index (χ3n) is 9.57. The fourth-order valence-electron chi connectivity index (χ4n) is 6.78. The Balaban J connectivity index is 1.15. The standard InChI is InChI=1S/C33H35N9O11P2S/c1-18-23(14-43)51-32(41-17-38-25-29(36-16-37-30(25)41)40-31(44)20-7-4-3-5-8-20)28(18)53-55(56,48-12-6-10-34)49-15-24-27(52-54(46)47)19(2)26(50-24)21-13-39-42-22(21)9-11-35-33(42)45/h3-5,7-9,11,13,16-19,23-24,26-28,32,43H,6,12,14-15H2,1-2H3,(H2-,35,36,37,39,40,44,45,46,47)/p+1/t18-,19+,23-,24-,26-,27+,28-,32-,55?/m1/s1. The number of aromatic nitrogens is 7. The highest BCUT2D eigenvalue weighted by Gasteiger charge is 2.51. The van der Waals surface area contributed by atoms with Gasteiger partial charge in [-0.1, -0.05) is 32.0 Å². The van der Waals surface area contributed by atoms with Crippen molar-refractivity contribution in [2.75, 3.05) is 25.1 Å². The third-order valence-corrected chi connectivity index (χ3v) is 12.4. The molecule has 7 rings (SSSR count). The smallest absolute Gasteiger partial charge is 0.394 e. The van der Waals surface area contributed by atoms with Crippen molar-refractivity contribution < 1.29 is 46.9 Å². The van der Waals surface area contributed by atoms with E-state index in [1.165, 1.54) is 29.6 Å². The summed E-state index contributed by atoms with van der Waals surface area (Å²) in [4.78, 5) is 50.7. The van der Waals surface area contributed by atoms with E-state index in [1.807, 2.05) is 6.07 Å². The maximum atomic E-state index is 13.0. The number of nitrogens with one attached hydrogen (secondary N) is 2. The quantitative estimate of drug-likeness (QED) is 0.0871. The van der Waals surface area contributed by atoms with Crippen molar-refractivity contribution >= 4 is 55.2 Å². The minimum atomic E-state index is -3.83. The highest BCUT2D eigenvalue weighted by Crippen LogP contribution is 2.56. The molecule has 294 valence electrons. The van der Waals surface area contributed by atoms with Crippen molar-refractivity contribution in [3.63, 3.8) is 0 Å². The SMILES string of the molecule is C[C@@H]1[C@H](O[P+](=O)O)[C@@H](COP(=S)(OCCC#N)O[C@@H]2[C@H](C)[C@@H](CO)O[C@H]2n2cnc3c(NC(=O)c4ccccc4)ncnc32)O[C@H]1c1cnn2c(=O)[nH]ccc12. The number of carbonyl (C=O) groups is 1. The van der Waals surface area contributed by atoms with Gasteiger partial charge in [0.2, 0.25) is 0 Å². The van der Waals surface area contributed by atoms with Crippen LogP contribution in [-0.2, 0) is 43.9 Å². The number of nitrogens with zero attached hydrogens (tertiary/aromatic N) is 7. The van der Waals surface area contributed by atoms with Crippen LogP contribution in [0.25, 0.3) is 16.7 Å². The van der Waals surface area contributed by atoms with E-state index in [2.05, 4.69) is 30.4 Å². The number of rotatable bonds is 15. The molecule has 0 saturated carbocycles. The number of hydrogen-bond acceptors (Lipinski definition) is 16. The van der Waals surface area contributed by atoms with Gasteiger partial charge in [0.1, 0.15) is 24.6 Å². The van der Waals surface area contributed by atoms with Gasteiger partial charge in [-0.05, 0) is 30.0 Å². The van der Waals surface area contributed by atoms with Crippen LogP contribution in [0, 0.1) is 23.2 Å². The van der Waals surface area contributed by atoms with Gasteiger partial charge in [0.15, 0.2) is 23.2 Å². The fourth-order valence-corrected chi connectivity index (χ4v) is 9.45. The Morgan fingerprint density at radius 2 is 1.93 bits per heavy atom. The second-order valence-electron chi connectivity index (χ2n) is 13.0. The van der Waals surface area contributed by atoms with Crippen LogP contribution in [0.15, 0.2) is 66.2 Å². The van der Waals surface area contributed by atoms with Crippen molar-refractivity contribution in [2.24, 2.45) is 11.8 Å². The summed E-state index contributed by atoms with van der Waals surface area (Å²) in [7, 11) is -3.08. The lowest BCUT2D eigenvalue weighted by atomic mass is 9.94. The Morgan fingerprint density at radius 1 is 1.12 bits per heavy atom. The fraction of sp³-hybridized carbons (Fsp3) is 0.424. The van der Waals surface area contributed by atoms with Crippen LogP contribution in [0.4, 0.5) is 5.82 Å². The number of amides is 1. The first-order chi connectivity index (χ1) is 27.0. The number of anilines is 1. The summed E-state index contributed by atoms with van der Waals surface area (Å²) in [5, 5.41) is 26.5. The molecule has 0 bridgehead atoms. The number of H-pyrrole nitrogens is 1. The second-order valence-corrected chi connectivity index (χ2v) is 16.6. The number of benzene rings is 1. The molecule has 1 aromatic carbocycles. The zero-order valence-corrected chi connectivity index (χ0v) is 32.3. The van der Waals surface area contributed by atoms with Crippen LogP contribution in [0.3, 0.4) is 0 Å². The molecule has 2 aliphatic heterocycles. The minimum absolute atomic E-state index is 0.0469. The zero-order valence-electron chi connectivity index (χ0n) is 29.7. The Labute approximate surface area is 323 Å². The van der Waals surface area contributed by atoms with E-state index in [0.29, 0.717) is 16.6 Å². The van der Waals surface area contributed by atoms with Crippen LogP contribution < -0.4 is 11.0 Å². The molecule has 1 amide bonds. The second kappa shape index (κ2) is 17.0. The molecule has 20 nitrogen and oxygen atoms in total. The molecule has 6 heterocycles. The molecule has 0 spiro atoms. The van der Waals surface area contributed by atoms with Gasteiger partial charge >= 0.3 is 20.7 Å². The van der Waals surface area contributed by atoms with E-state index >= 15 is 0 Å². The predicted molar refractivity (Wildman–Crippen MR) is 198 cm³/mol. The van der Waals surface area contributed by atoms with Crippen LogP contribution >= 0.6 is 15.0 Å². The molecule has 2 fully saturated rings. The monoisotopic (exact) mass is 828 g/mol. The molecule has 0 aliphatic carbocycles. The third kappa shape index (κ3) is 8.05. The van der Waals surface area contributed by atoms with E-state index in [-0.39, 0.29) is 43.2 Å². The number of carbonyl (C=O) groups excluding carboxylic acids is 1. The topological polar surface area (TPSA) is 260 Å². The molecular formula is C33H36N9O11P2S+. The normalized spacial score (nSPS) is 26.3. The Kier molecular flexibility index (Phi) is 12.1. The summed E-state index contributed by atoms with van der Waals surface area (Å²) in [6.45, 7) is -1.14. The number of aliphatic hydroxyl groups is 1. The molecular weight excluding hydrogens is 792 g/mol. The first-order valence-corrected chi connectivity index (χ1v) is 21.0. The molecule has 5 aromatic rings. The molecule has 2 aliphatic rings. The number of imidazole rings is 1. The highest BCUT2D eigenvalue weighted by atomic mass is 32.5. The van der Waals surface area contributed by atoms with Gasteiger partial charge in [0, 0.05) is 33.7 Å². The average molecular weight is 829 g/mol. The van der Waals surface area contributed by atoms with E-state index < -0.39 is 75.2 Å². The van der Waals surface area contributed by atoms with Crippen molar-refractivity contribution in [1.82, 2.24) is 34.1 Å². The van der Waals surface area contributed by atoms with Crippen molar-refractivity contribution in [3.05, 3.63) is 83.1 Å². The molecule has 4 N–H and O–H groups in total. The van der Waals surface area contributed by atoms with E-state index in [0.717, 1.165) is 0 Å². The summed E-state index contributed by atoms with van der Waals surface area (Å²) in [6, 6.07) is 12.2. The lowest BCUT2D eigenvalue weighted by Gasteiger charge is -2.30. The van der Waals surface area contributed by atoms with Gasteiger partial charge in [-0.25, -0.2) is 19.7 Å². The number of hydrogen-bond donors (Lipinski definition) is 4. The average Bonchev–Trinajstić information content (AvgIpc) is 3.96. The maximum Gasteiger partial charge on any atom is 0.695 e. The van der Waals surface area contributed by atoms with Gasteiger partial charge in [-0.2, -0.15) is 14.9 Å². The molecule has 56 heavy (non-hydrogen) atoms. The number of aromatic amines is 1. The van der Waals surface area contributed by atoms with Gasteiger partial charge in [0.05, 0.1) is 62.6 Å². The van der Waals surface area contributed by atoms with Gasteiger partial charge in [0.25, 0.3) is 5.91 Å². The van der Waals surface area contributed by atoms with Gasteiger partial charge in [-0.15, -0.1) is 9.42 Å². The van der Waals surface area contributed by atoms with Crippen LogP contribution in [0.5, 0.6) is 0 Å². The molecule has 4 aromatic heterocycles. The number of fused-ring (bicyclic) bond motifs is 2. The number of nitriles is 1. The van der Waals surface area contributed by atoms with Crippen molar-refractivity contribution in [1.29, 1.82) is 5.26 Å². The summed E-state index contributed by atoms with van der Waals surface area (Å²) in [5.74, 6) is -1.29. The molecule has 0 radical (unpaired) electrons. The van der Waals surface area contributed by atoms with E-state index in [9.17, 15) is 29.4 Å². The van der Waals surface area contributed by atoms with Crippen molar-refractivity contribution in [2.45, 2.75) is 57.0 Å². The van der Waals surface area contributed by atoms with E-state index in [4.69, 9.17) is 39.4 Å². The maximum absolute atomic E-state index is 13.0. The van der Waals surface area contributed by atoms with Crippen molar-refractivity contribution in [3.8, 4) is 6.07 Å². The highest BCUT2D eigenvalue weighted by molar-refractivity contribution is 8.07. The number of aliphatic hydroxyl groups excluding tert-OH is 1. The Bertz CT molecular complexity index is 2370. The Morgan fingerprint density at radius 3 is 2.68 bits per heavy atom. The van der Waals surface area contributed by atoms with Crippen LogP contribution in [0.2, 0.25) is 0 Å². The largest absolute Gasteiger partial charge is 0.695 e. The van der Waals surface area contributed by atoms with E-state index in [1.54, 1.807) is 54.8 Å². The summed E-state index contributed by atoms with van der Waals surface area (Å²) in [6.07, 6.45) is 0.220. The molecule has 10 atom stereocenters. The summed E-state index contributed by atoms with van der Waals surface area (Å²) >= 11 is 5.91. The first-order valence-electron chi connectivity index (χ1n) is 17.3. The van der Waals surface area contributed by atoms with Crippen LogP contribution in [-0.4, -0.2) is 94.3 Å². The lowest BCUT2D eigenvalue weighted by Crippen LogP contribution is -2.32. The summed E-state index contributed by atoms with van der Waals surface area (Å²) in [5.41, 5.74) is 1.50. The Hall–Kier alpha value is -4.42. The minimum Gasteiger partial charge on any atom is -0.394 e. The lowest BCUT2D eigenvalue weighted by molar-refractivity contribution is -0.0514. The zero-order chi connectivity index (χ0) is 39.6. The molecule has 23 heteroatoms.